The molecule has 2 rings (SSSR count). The number of carbonyl (C=O) groups is 1. The zero-order valence-electron chi connectivity index (χ0n) is 8.72. The molecule has 0 amide bonds. The molecule has 0 aliphatic rings. The van der Waals surface area contributed by atoms with E-state index in [2.05, 4.69) is 4.98 Å². The minimum absolute atomic E-state index is 0.0407. The number of pyridine rings is 1. The molecule has 0 unspecified atom stereocenters. The second-order valence-corrected chi connectivity index (χ2v) is 3.81. The summed E-state index contributed by atoms with van der Waals surface area (Å²) >= 11 is 5.71. The maximum absolute atomic E-state index is 12.1. The number of carbonyl (C=O) groups excluding carboxylic acids is 1. The molecular weight excluding hydrogens is 240 g/mol. The third-order valence-corrected chi connectivity index (χ3v) is 2.47. The van der Waals surface area contributed by atoms with Crippen molar-refractivity contribution in [2.24, 2.45) is 0 Å². The molecule has 5 heteroatoms. The first-order valence-electron chi connectivity index (χ1n) is 4.84. The molecule has 2 aromatic rings. The van der Waals surface area contributed by atoms with E-state index in [1.165, 1.54) is 24.3 Å². The Labute approximate surface area is 103 Å². The van der Waals surface area contributed by atoms with E-state index in [1.807, 2.05) is 0 Å². The lowest BCUT2D eigenvalue weighted by molar-refractivity contribution is 0.103. The maximum atomic E-state index is 12.1. The van der Waals surface area contributed by atoms with Crippen LogP contribution in [-0.2, 0) is 0 Å². The molecule has 0 radical (unpaired) electrons. The fourth-order valence-electron chi connectivity index (χ4n) is 1.42. The molecule has 1 aromatic carbocycles. The number of anilines is 1. The Hall–Kier alpha value is -2.07. The van der Waals surface area contributed by atoms with Gasteiger partial charge in [0, 0.05) is 0 Å². The SMILES string of the molecule is Nc1ccc(Cl)nc1C(=O)c1ccccc1O. The van der Waals surface area contributed by atoms with Gasteiger partial charge in [-0.15, -0.1) is 0 Å². The Morgan fingerprint density at radius 1 is 1.24 bits per heavy atom. The number of para-hydroxylation sites is 1. The van der Waals surface area contributed by atoms with Crippen LogP contribution in [0.25, 0.3) is 0 Å². The van der Waals surface area contributed by atoms with E-state index in [0.29, 0.717) is 0 Å². The van der Waals surface area contributed by atoms with Gasteiger partial charge in [0.15, 0.2) is 0 Å². The number of aromatic hydroxyl groups is 1. The van der Waals surface area contributed by atoms with Crippen molar-refractivity contribution in [3.05, 3.63) is 52.8 Å². The van der Waals surface area contributed by atoms with E-state index in [1.54, 1.807) is 12.1 Å². The van der Waals surface area contributed by atoms with Crippen LogP contribution in [0.1, 0.15) is 16.1 Å². The fraction of sp³-hybridized carbons (Fsp3) is 0. The van der Waals surface area contributed by atoms with Gasteiger partial charge in [-0.05, 0) is 24.3 Å². The average Bonchev–Trinajstić information content (AvgIpc) is 2.32. The Balaban J connectivity index is 2.51. The summed E-state index contributed by atoms with van der Waals surface area (Å²) in [6, 6.07) is 9.20. The topological polar surface area (TPSA) is 76.2 Å². The number of hydrogen-bond acceptors (Lipinski definition) is 4. The number of rotatable bonds is 2. The number of hydrogen-bond donors (Lipinski definition) is 2. The summed E-state index contributed by atoms with van der Waals surface area (Å²) in [7, 11) is 0. The Bertz CT molecular complexity index is 584. The maximum Gasteiger partial charge on any atom is 0.217 e. The molecule has 1 heterocycles. The first-order valence-corrected chi connectivity index (χ1v) is 5.22. The number of phenolic OH excluding ortho intramolecular Hbond substituents is 1. The summed E-state index contributed by atoms with van der Waals surface area (Å²) in [5, 5.41) is 9.76. The predicted octanol–water partition coefficient (Wildman–Crippen LogP) is 2.25. The van der Waals surface area contributed by atoms with Crippen LogP contribution in [0.5, 0.6) is 5.75 Å². The van der Waals surface area contributed by atoms with Crippen molar-refractivity contribution in [3.63, 3.8) is 0 Å². The highest BCUT2D eigenvalue weighted by Crippen LogP contribution is 2.22. The highest BCUT2D eigenvalue weighted by Gasteiger charge is 2.17. The van der Waals surface area contributed by atoms with Crippen molar-refractivity contribution in [1.82, 2.24) is 4.98 Å². The molecule has 17 heavy (non-hydrogen) atoms. The van der Waals surface area contributed by atoms with Gasteiger partial charge in [-0.25, -0.2) is 4.98 Å². The molecule has 0 aliphatic heterocycles. The van der Waals surface area contributed by atoms with Crippen molar-refractivity contribution >= 4 is 23.1 Å². The van der Waals surface area contributed by atoms with Gasteiger partial charge in [-0.2, -0.15) is 0 Å². The van der Waals surface area contributed by atoms with Crippen LogP contribution >= 0.6 is 11.6 Å². The van der Waals surface area contributed by atoms with Gasteiger partial charge >= 0.3 is 0 Å². The summed E-state index contributed by atoms with van der Waals surface area (Å²) in [6.07, 6.45) is 0. The summed E-state index contributed by atoms with van der Waals surface area (Å²) in [5.41, 5.74) is 6.07. The summed E-state index contributed by atoms with van der Waals surface area (Å²) < 4.78 is 0. The molecule has 0 saturated heterocycles. The summed E-state index contributed by atoms with van der Waals surface area (Å²) in [4.78, 5) is 15.9. The summed E-state index contributed by atoms with van der Waals surface area (Å²) in [6.45, 7) is 0. The number of nitrogens with zero attached hydrogens (tertiary/aromatic N) is 1. The zero-order chi connectivity index (χ0) is 12.4. The van der Waals surface area contributed by atoms with Crippen LogP contribution in [0.3, 0.4) is 0 Å². The number of halogens is 1. The molecule has 0 bridgehead atoms. The monoisotopic (exact) mass is 248 g/mol. The predicted molar refractivity (Wildman–Crippen MR) is 65.2 cm³/mol. The smallest absolute Gasteiger partial charge is 0.217 e. The number of aromatic nitrogens is 1. The van der Waals surface area contributed by atoms with Gasteiger partial charge in [-0.3, -0.25) is 4.79 Å². The quantitative estimate of drug-likeness (QED) is 0.631. The van der Waals surface area contributed by atoms with Crippen molar-refractivity contribution in [2.45, 2.75) is 0 Å². The first-order chi connectivity index (χ1) is 8.09. The van der Waals surface area contributed by atoms with Crippen LogP contribution in [0, 0.1) is 0 Å². The van der Waals surface area contributed by atoms with Gasteiger partial charge in [0.05, 0.1) is 11.3 Å². The van der Waals surface area contributed by atoms with Gasteiger partial charge in [0.1, 0.15) is 16.6 Å². The van der Waals surface area contributed by atoms with Crippen molar-refractivity contribution < 1.29 is 9.90 Å². The van der Waals surface area contributed by atoms with Crippen LogP contribution in [0.2, 0.25) is 5.15 Å². The third-order valence-electron chi connectivity index (χ3n) is 2.26. The van der Waals surface area contributed by atoms with Gasteiger partial charge in [0.25, 0.3) is 0 Å². The van der Waals surface area contributed by atoms with Gasteiger partial charge < -0.3 is 10.8 Å². The summed E-state index contributed by atoms with van der Waals surface area (Å²) in [5.74, 6) is -0.568. The zero-order valence-corrected chi connectivity index (χ0v) is 9.48. The number of nitrogen functional groups attached to an aromatic ring is 1. The molecule has 0 spiro atoms. The molecule has 0 saturated carbocycles. The fourth-order valence-corrected chi connectivity index (χ4v) is 1.57. The highest BCUT2D eigenvalue weighted by molar-refractivity contribution is 6.29. The highest BCUT2D eigenvalue weighted by atomic mass is 35.5. The van der Waals surface area contributed by atoms with Crippen molar-refractivity contribution in [2.75, 3.05) is 5.73 Å². The van der Waals surface area contributed by atoms with E-state index in [0.717, 1.165) is 0 Å². The second-order valence-electron chi connectivity index (χ2n) is 3.42. The van der Waals surface area contributed by atoms with Crippen molar-refractivity contribution in [3.8, 4) is 5.75 Å². The molecule has 0 atom stereocenters. The molecule has 0 aliphatic carbocycles. The van der Waals surface area contributed by atoms with Gasteiger partial charge in [0.2, 0.25) is 5.78 Å². The number of benzene rings is 1. The Morgan fingerprint density at radius 2 is 1.94 bits per heavy atom. The molecular formula is C12H9ClN2O2. The van der Waals surface area contributed by atoms with Crippen LogP contribution in [0.4, 0.5) is 5.69 Å². The van der Waals surface area contributed by atoms with Crippen LogP contribution in [0.15, 0.2) is 36.4 Å². The Morgan fingerprint density at radius 3 is 2.65 bits per heavy atom. The molecule has 1 aromatic heterocycles. The Kier molecular flexibility index (Phi) is 2.97. The van der Waals surface area contributed by atoms with E-state index < -0.39 is 5.78 Å². The minimum Gasteiger partial charge on any atom is -0.507 e. The third kappa shape index (κ3) is 2.21. The molecule has 3 N–H and O–H groups in total. The van der Waals surface area contributed by atoms with E-state index >= 15 is 0 Å². The average molecular weight is 249 g/mol. The lowest BCUT2D eigenvalue weighted by atomic mass is 10.1. The van der Waals surface area contributed by atoms with Crippen LogP contribution < -0.4 is 5.73 Å². The van der Waals surface area contributed by atoms with Crippen LogP contribution in [-0.4, -0.2) is 15.9 Å². The van der Waals surface area contributed by atoms with Gasteiger partial charge in [-0.1, -0.05) is 23.7 Å². The van der Waals surface area contributed by atoms with E-state index in [-0.39, 0.29) is 27.8 Å². The number of phenols is 1. The molecule has 4 nitrogen and oxygen atoms in total. The normalized spacial score (nSPS) is 10.2. The number of ketones is 1. The second kappa shape index (κ2) is 4.43. The number of nitrogens with two attached hydrogens (primary N) is 1. The largest absolute Gasteiger partial charge is 0.507 e. The van der Waals surface area contributed by atoms with E-state index in [9.17, 15) is 9.90 Å². The lowest BCUT2D eigenvalue weighted by Crippen LogP contribution is -2.08. The standard InChI is InChI=1S/C12H9ClN2O2/c13-10-6-5-8(14)11(15-10)12(17)7-3-1-2-4-9(7)16/h1-6,16H,14H2. The van der Waals surface area contributed by atoms with E-state index in [4.69, 9.17) is 17.3 Å². The molecule has 0 fully saturated rings. The minimum atomic E-state index is -0.455. The van der Waals surface area contributed by atoms with Crippen molar-refractivity contribution in [1.29, 1.82) is 0 Å². The first kappa shape index (κ1) is 11.4. The lowest BCUT2D eigenvalue weighted by Gasteiger charge is -2.05. The molecule has 86 valence electrons.